The van der Waals surface area contributed by atoms with Crippen LogP contribution >= 0.6 is 22.7 Å². The van der Waals surface area contributed by atoms with Gasteiger partial charge in [0, 0.05) is 18.5 Å². The predicted molar refractivity (Wildman–Crippen MR) is 121 cm³/mol. The van der Waals surface area contributed by atoms with Gasteiger partial charge in [-0.15, -0.1) is 22.7 Å². The summed E-state index contributed by atoms with van der Waals surface area (Å²) in [6, 6.07) is 5.72. The van der Waals surface area contributed by atoms with Crippen molar-refractivity contribution >= 4 is 50.5 Å². The summed E-state index contributed by atoms with van der Waals surface area (Å²) in [6.07, 6.45) is 2.49. The van der Waals surface area contributed by atoms with E-state index in [1.165, 1.54) is 24.2 Å². The van der Waals surface area contributed by atoms with Crippen LogP contribution in [0.25, 0.3) is 10.2 Å². The molecule has 3 aromatic rings. The zero-order valence-electron chi connectivity index (χ0n) is 16.8. The van der Waals surface area contributed by atoms with Crippen molar-refractivity contribution < 1.29 is 9.63 Å². The molecule has 3 aromatic heterocycles. The van der Waals surface area contributed by atoms with Gasteiger partial charge in [0.15, 0.2) is 0 Å². The van der Waals surface area contributed by atoms with Crippen LogP contribution in [0.4, 0.5) is 5.95 Å². The molecule has 4 rings (SSSR count). The molecule has 8 nitrogen and oxygen atoms in total. The lowest BCUT2D eigenvalue weighted by Gasteiger charge is -2.13. The van der Waals surface area contributed by atoms with Crippen LogP contribution in [0.5, 0.6) is 0 Å². The number of carbonyl (C=O) groups excluding carboxylic acids is 1. The second-order valence-corrected chi connectivity index (χ2v) is 8.90. The first-order valence-electron chi connectivity index (χ1n) is 9.97. The zero-order valence-corrected chi connectivity index (χ0v) is 18.4. The SMILES string of the molecule is CCNC(=O)c1cc2c(/C(=N\OCCN3CCCC3)c3cccs3)nc(N)nc2s1. The molecule has 0 radical (unpaired) electrons. The van der Waals surface area contributed by atoms with Crippen LogP contribution in [-0.2, 0) is 4.84 Å². The van der Waals surface area contributed by atoms with Crippen molar-refractivity contribution in [3.05, 3.63) is 39.0 Å². The lowest BCUT2D eigenvalue weighted by molar-refractivity contribution is 0.0960. The number of carbonyl (C=O) groups is 1. The van der Waals surface area contributed by atoms with Crippen LogP contribution in [0.2, 0.25) is 0 Å². The number of anilines is 1. The van der Waals surface area contributed by atoms with Crippen molar-refractivity contribution in [1.82, 2.24) is 20.2 Å². The van der Waals surface area contributed by atoms with Crippen molar-refractivity contribution in [2.45, 2.75) is 19.8 Å². The number of nitrogens with zero attached hydrogens (tertiary/aromatic N) is 4. The number of fused-ring (bicyclic) bond motifs is 1. The highest BCUT2D eigenvalue weighted by Crippen LogP contribution is 2.29. The van der Waals surface area contributed by atoms with Crippen LogP contribution in [0.15, 0.2) is 28.7 Å². The van der Waals surface area contributed by atoms with Gasteiger partial charge in [-0.05, 0) is 50.4 Å². The van der Waals surface area contributed by atoms with E-state index in [0.29, 0.717) is 34.3 Å². The summed E-state index contributed by atoms with van der Waals surface area (Å²) in [4.78, 5) is 31.3. The van der Waals surface area contributed by atoms with Crippen molar-refractivity contribution in [1.29, 1.82) is 0 Å². The number of hydrogen-bond donors (Lipinski definition) is 2. The molecule has 0 aromatic carbocycles. The third-order valence-electron chi connectivity index (χ3n) is 4.80. The molecule has 0 atom stereocenters. The third-order valence-corrected chi connectivity index (χ3v) is 6.71. The molecule has 0 spiro atoms. The Kier molecular flexibility index (Phi) is 6.56. The molecule has 1 fully saturated rings. The normalized spacial score (nSPS) is 15.0. The molecule has 4 heterocycles. The van der Waals surface area contributed by atoms with E-state index in [0.717, 1.165) is 29.9 Å². The first-order valence-corrected chi connectivity index (χ1v) is 11.7. The molecule has 1 amide bonds. The molecule has 0 bridgehead atoms. The smallest absolute Gasteiger partial charge is 0.261 e. The Morgan fingerprint density at radius 2 is 2.17 bits per heavy atom. The van der Waals surface area contributed by atoms with E-state index in [-0.39, 0.29) is 11.9 Å². The van der Waals surface area contributed by atoms with Gasteiger partial charge >= 0.3 is 0 Å². The maximum atomic E-state index is 12.3. The molecular weight excluding hydrogens is 420 g/mol. The first kappa shape index (κ1) is 20.7. The highest BCUT2D eigenvalue weighted by atomic mass is 32.1. The lowest BCUT2D eigenvalue weighted by Crippen LogP contribution is -2.23. The van der Waals surface area contributed by atoms with E-state index < -0.39 is 0 Å². The number of nitrogens with two attached hydrogens (primary N) is 1. The second-order valence-electron chi connectivity index (χ2n) is 6.92. The Hall–Kier alpha value is -2.56. The molecule has 1 aliphatic rings. The summed E-state index contributed by atoms with van der Waals surface area (Å²) in [7, 11) is 0. The van der Waals surface area contributed by atoms with Crippen molar-refractivity contribution in [3.63, 3.8) is 0 Å². The highest BCUT2D eigenvalue weighted by Gasteiger charge is 2.20. The van der Waals surface area contributed by atoms with E-state index >= 15 is 0 Å². The molecule has 0 unspecified atom stereocenters. The molecule has 158 valence electrons. The Bertz CT molecular complexity index is 1040. The van der Waals surface area contributed by atoms with E-state index in [1.54, 1.807) is 17.4 Å². The fourth-order valence-electron chi connectivity index (χ4n) is 3.38. The lowest BCUT2D eigenvalue weighted by atomic mass is 10.1. The Balaban J connectivity index is 1.67. The summed E-state index contributed by atoms with van der Waals surface area (Å²) in [6.45, 7) is 6.03. The summed E-state index contributed by atoms with van der Waals surface area (Å²) in [5.41, 5.74) is 7.16. The summed E-state index contributed by atoms with van der Waals surface area (Å²) in [5.74, 6) is 0.00428. The maximum Gasteiger partial charge on any atom is 0.261 e. The number of nitrogens with one attached hydrogen (secondary N) is 1. The second kappa shape index (κ2) is 9.50. The topological polar surface area (TPSA) is 106 Å². The summed E-state index contributed by atoms with van der Waals surface area (Å²) >= 11 is 2.84. The van der Waals surface area contributed by atoms with Gasteiger partial charge < -0.3 is 15.9 Å². The van der Waals surface area contributed by atoms with Crippen LogP contribution < -0.4 is 11.1 Å². The predicted octanol–water partition coefficient (Wildman–Crippen LogP) is 2.95. The Morgan fingerprint density at radius 1 is 1.33 bits per heavy atom. The molecule has 0 saturated carbocycles. The first-order chi connectivity index (χ1) is 14.7. The molecule has 1 saturated heterocycles. The number of thiophene rings is 2. The molecule has 3 N–H and O–H groups in total. The number of aromatic nitrogens is 2. The van der Waals surface area contributed by atoms with Gasteiger partial charge in [0.1, 0.15) is 22.8 Å². The Morgan fingerprint density at radius 3 is 2.90 bits per heavy atom. The minimum atomic E-state index is -0.138. The molecular formula is C20H24N6O2S2. The van der Waals surface area contributed by atoms with E-state index in [1.807, 2.05) is 24.4 Å². The van der Waals surface area contributed by atoms with Gasteiger partial charge in [-0.3, -0.25) is 9.69 Å². The van der Waals surface area contributed by atoms with E-state index in [4.69, 9.17) is 10.6 Å². The monoisotopic (exact) mass is 444 g/mol. The van der Waals surface area contributed by atoms with Crippen molar-refractivity contribution in [3.8, 4) is 0 Å². The molecule has 0 aliphatic carbocycles. The standard InChI is InChI=1S/C20H24N6O2S2/c1-2-22-18(27)15-12-13-16(23-20(21)24-19(13)30-15)17(14-6-5-11-29-14)25-28-10-9-26-7-3-4-8-26/h5-6,11-12H,2-4,7-10H2,1H3,(H,22,27)(H2,21,23,24)/b25-17-. The number of hydrogen-bond acceptors (Lipinski definition) is 9. The molecule has 1 aliphatic heterocycles. The van der Waals surface area contributed by atoms with Crippen molar-refractivity contribution in [2.75, 3.05) is 38.5 Å². The van der Waals surface area contributed by atoms with E-state index in [2.05, 4.69) is 25.3 Å². The number of likely N-dealkylation sites (tertiary alicyclic amines) is 1. The van der Waals surface area contributed by atoms with Gasteiger partial charge in [0.25, 0.3) is 5.91 Å². The fourth-order valence-corrected chi connectivity index (χ4v) is 5.04. The minimum Gasteiger partial charge on any atom is -0.394 e. The van der Waals surface area contributed by atoms with Crippen LogP contribution in [0, 0.1) is 0 Å². The van der Waals surface area contributed by atoms with E-state index in [9.17, 15) is 4.79 Å². The van der Waals surface area contributed by atoms with Gasteiger partial charge in [0.2, 0.25) is 5.95 Å². The maximum absolute atomic E-state index is 12.3. The molecule has 30 heavy (non-hydrogen) atoms. The summed E-state index contributed by atoms with van der Waals surface area (Å²) < 4.78 is 0. The van der Waals surface area contributed by atoms with Gasteiger partial charge in [-0.2, -0.15) is 0 Å². The van der Waals surface area contributed by atoms with Crippen LogP contribution in [0.3, 0.4) is 0 Å². The number of oxime groups is 1. The third kappa shape index (κ3) is 4.61. The Labute approximate surface area is 182 Å². The minimum absolute atomic E-state index is 0.138. The largest absolute Gasteiger partial charge is 0.394 e. The average Bonchev–Trinajstić information content (AvgIpc) is 3.49. The molecule has 10 heteroatoms. The number of rotatable bonds is 8. The van der Waals surface area contributed by atoms with Crippen molar-refractivity contribution in [2.24, 2.45) is 5.16 Å². The van der Waals surface area contributed by atoms with Crippen LogP contribution in [-0.4, -0.2) is 59.3 Å². The fraction of sp³-hybridized carbons (Fsp3) is 0.400. The van der Waals surface area contributed by atoms with Gasteiger partial charge in [0.05, 0.1) is 9.75 Å². The van der Waals surface area contributed by atoms with Crippen LogP contribution in [0.1, 0.15) is 40.0 Å². The van der Waals surface area contributed by atoms with Gasteiger partial charge in [-0.25, -0.2) is 9.97 Å². The number of amides is 1. The number of nitrogen functional groups attached to an aromatic ring is 1. The highest BCUT2D eigenvalue weighted by molar-refractivity contribution is 7.20. The quantitative estimate of drug-likeness (QED) is 0.314. The average molecular weight is 445 g/mol. The zero-order chi connectivity index (χ0) is 20.9. The summed E-state index contributed by atoms with van der Waals surface area (Å²) in [5, 5.41) is 9.97. The van der Waals surface area contributed by atoms with Gasteiger partial charge in [-0.1, -0.05) is 11.2 Å².